The lowest BCUT2D eigenvalue weighted by Crippen LogP contribution is -2.26. The third kappa shape index (κ3) is 2.80. The van der Waals surface area contributed by atoms with Gasteiger partial charge in [0.2, 0.25) is 0 Å². The van der Waals surface area contributed by atoms with Crippen LogP contribution in [0.5, 0.6) is 0 Å². The highest BCUT2D eigenvalue weighted by Gasteiger charge is 2.16. The molecule has 0 aliphatic heterocycles. The maximum absolute atomic E-state index is 13.1. The molecule has 130 valence electrons. The van der Waals surface area contributed by atoms with E-state index in [9.17, 15) is 4.79 Å². The zero-order valence-corrected chi connectivity index (χ0v) is 15.2. The molecule has 5 nitrogen and oxygen atoms in total. The molecule has 0 unspecified atom stereocenters. The summed E-state index contributed by atoms with van der Waals surface area (Å²) in [6.07, 6.45) is 1.70. The summed E-state index contributed by atoms with van der Waals surface area (Å²) in [5.41, 5.74) is 3.99. The number of rotatable bonds is 3. The smallest absolute Gasteiger partial charge is 0.265 e. The molecule has 0 radical (unpaired) electrons. The minimum absolute atomic E-state index is 0.175. The number of nitrogens with zero attached hydrogens (tertiary/aromatic N) is 4. The maximum Gasteiger partial charge on any atom is 0.293 e. The third-order valence-electron chi connectivity index (χ3n) is 4.43. The highest BCUT2D eigenvalue weighted by Crippen LogP contribution is 2.20. The number of fused-ring (bicyclic) bond motifs is 1. The van der Waals surface area contributed by atoms with Crippen LogP contribution in [0.1, 0.15) is 16.8 Å². The molecule has 26 heavy (non-hydrogen) atoms. The van der Waals surface area contributed by atoms with E-state index in [0.29, 0.717) is 17.1 Å². The Hall–Kier alpha value is -2.92. The van der Waals surface area contributed by atoms with Gasteiger partial charge in [-0.15, -0.1) is 0 Å². The van der Waals surface area contributed by atoms with Crippen LogP contribution in [0.15, 0.2) is 59.5 Å². The summed E-state index contributed by atoms with van der Waals surface area (Å²) in [6, 6.07) is 15.3. The molecule has 0 atom stereocenters. The summed E-state index contributed by atoms with van der Waals surface area (Å²) >= 11 is 6.06. The van der Waals surface area contributed by atoms with Gasteiger partial charge in [0, 0.05) is 10.4 Å². The summed E-state index contributed by atoms with van der Waals surface area (Å²) in [7, 11) is 0. The van der Waals surface area contributed by atoms with Crippen molar-refractivity contribution in [1.82, 2.24) is 19.6 Å². The van der Waals surface area contributed by atoms with Gasteiger partial charge in [-0.1, -0.05) is 41.9 Å². The second-order valence-electron chi connectivity index (χ2n) is 6.28. The molecule has 0 amide bonds. The summed E-state index contributed by atoms with van der Waals surface area (Å²) in [6.45, 7) is 4.25. The molecule has 2 aromatic heterocycles. The molecule has 0 aliphatic rings. The molecule has 0 saturated heterocycles. The second-order valence-corrected chi connectivity index (χ2v) is 6.72. The molecule has 6 heteroatoms. The molecular formula is C20H17ClN4O. The van der Waals surface area contributed by atoms with Gasteiger partial charge in [0.1, 0.15) is 5.52 Å². The van der Waals surface area contributed by atoms with E-state index in [4.69, 9.17) is 11.6 Å². The number of aromatic nitrogens is 4. The average Bonchev–Trinajstić information content (AvgIpc) is 3.05. The highest BCUT2D eigenvalue weighted by molar-refractivity contribution is 6.30. The van der Waals surface area contributed by atoms with Crippen molar-refractivity contribution >= 4 is 22.5 Å². The van der Waals surface area contributed by atoms with Crippen molar-refractivity contribution in [3.05, 3.63) is 86.9 Å². The Kier molecular flexibility index (Phi) is 4.09. The summed E-state index contributed by atoms with van der Waals surface area (Å²) in [5, 5.41) is 10.3. The number of halogens is 1. The molecule has 4 aromatic rings. The predicted molar refractivity (Wildman–Crippen MR) is 103 cm³/mol. The zero-order valence-electron chi connectivity index (χ0n) is 14.5. The Balaban J connectivity index is 1.92. The first-order chi connectivity index (χ1) is 12.5. The average molecular weight is 365 g/mol. The quantitative estimate of drug-likeness (QED) is 0.554. The van der Waals surface area contributed by atoms with Crippen molar-refractivity contribution in [3.63, 3.8) is 0 Å². The van der Waals surface area contributed by atoms with Gasteiger partial charge in [0.05, 0.1) is 24.1 Å². The molecular weight excluding hydrogens is 348 g/mol. The molecule has 2 aromatic carbocycles. The van der Waals surface area contributed by atoms with Crippen LogP contribution in [0.4, 0.5) is 0 Å². The third-order valence-corrected chi connectivity index (χ3v) is 4.67. The Morgan fingerprint density at radius 2 is 1.88 bits per heavy atom. The van der Waals surface area contributed by atoms with E-state index in [1.54, 1.807) is 10.9 Å². The van der Waals surface area contributed by atoms with Crippen LogP contribution in [0.2, 0.25) is 5.02 Å². The van der Waals surface area contributed by atoms with Crippen LogP contribution in [-0.2, 0) is 6.54 Å². The maximum atomic E-state index is 13.1. The van der Waals surface area contributed by atoms with E-state index in [1.807, 2.05) is 62.4 Å². The number of hydrogen-bond acceptors (Lipinski definition) is 3. The Bertz CT molecular complexity index is 1180. The van der Waals surface area contributed by atoms with Gasteiger partial charge in [-0.2, -0.15) is 10.2 Å². The van der Waals surface area contributed by atoms with E-state index in [0.717, 1.165) is 27.9 Å². The van der Waals surface area contributed by atoms with E-state index in [-0.39, 0.29) is 5.56 Å². The van der Waals surface area contributed by atoms with Crippen molar-refractivity contribution in [2.75, 3.05) is 0 Å². The van der Waals surface area contributed by atoms with Gasteiger partial charge in [0.15, 0.2) is 0 Å². The molecule has 2 heterocycles. The molecule has 0 bridgehead atoms. The van der Waals surface area contributed by atoms with Crippen LogP contribution in [0, 0.1) is 13.8 Å². The van der Waals surface area contributed by atoms with Crippen molar-refractivity contribution < 1.29 is 0 Å². The first-order valence-corrected chi connectivity index (χ1v) is 8.68. The lowest BCUT2D eigenvalue weighted by atomic mass is 10.2. The van der Waals surface area contributed by atoms with Crippen molar-refractivity contribution in [3.8, 4) is 5.69 Å². The van der Waals surface area contributed by atoms with Crippen molar-refractivity contribution in [2.45, 2.75) is 20.4 Å². The van der Waals surface area contributed by atoms with Crippen LogP contribution in [-0.4, -0.2) is 19.6 Å². The van der Waals surface area contributed by atoms with Crippen LogP contribution in [0.25, 0.3) is 16.6 Å². The van der Waals surface area contributed by atoms with Crippen molar-refractivity contribution in [1.29, 1.82) is 0 Å². The Morgan fingerprint density at radius 3 is 2.65 bits per heavy atom. The van der Waals surface area contributed by atoms with Gasteiger partial charge < -0.3 is 0 Å². The van der Waals surface area contributed by atoms with Crippen molar-refractivity contribution in [2.24, 2.45) is 0 Å². The van der Waals surface area contributed by atoms with Gasteiger partial charge in [0.25, 0.3) is 5.56 Å². The van der Waals surface area contributed by atoms with Gasteiger partial charge >= 0.3 is 0 Å². The zero-order chi connectivity index (χ0) is 18.3. The highest BCUT2D eigenvalue weighted by atomic mass is 35.5. The topological polar surface area (TPSA) is 52.7 Å². The number of benzene rings is 2. The monoisotopic (exact) mass is 364 g/mol. The summed E-state index contributed by atoms with van der Waals surface area (Å²) in [5.74, 6) is 0. The molecule has 0 spiro atoms. The number of aryl methyl sites for hydroxylation is 2. The van der Waals surface area contributed by atoms with Gasteiger partial charge in [-0.25, -0.2) is 9.36 Å². The fourth-order valence-electron chi connectivity index (χ4n) is 3.12. The first-order valence-electron chi connectivity index (χ1n) is 8.30. The minimum Gasteiger partial charge on any atom is -0.265 e. The fourth-order valence-corrected chi connectivity index (χ4v) is 3.33. The standard InChI is InChI=1S/C20H17ClN4O/c1-13-6-3-4-9-18(13)25-19-17(11-22-25)14(2)23-24(20(19)26)12-15-7-5-8-16(21)10-15/h3-11H,12H2,1-2H3. The summed E-state index contributed by atoms with van der Waals surface area (Å²) in [4.78, 5) is 13.1. The van der Waals surface area contributed by atoms with E-state index in [1.165, 1.54) is 4.68 Å². The molecule has 0 aliphatic carbocycles. The number of para-hydroxylation sites is 1. The van der Waals surface area contributed by atoms with Crippen LogP contribution in [0.3, 0.4) is 0 Å². The Labute approximate surface area is 155 Å². The SMILES string of the molecule is Cc1ccccc1-n1ncc2c(C)nn(Cc3cccc(Cl)c3)c(=O)c21. The molecule has 0 fully saturated rings. The fraction of sp³-hybridized carbons (Fsp3) is 0.150. The molecule has 0 N–H and O–H groups in total. The van der Waals surface area contributed by atoms with Crippen LogP contribution < -0.4 is 5.56 Å². The Morgan fingerprint density at radius 1 is 1.08 bits per heavy atom. The van der Waals surface area contributed by atoms with Gasteiger partial charge in [-0.05, 0) is 43.2 Å². The van der Waals surface area contributed by atoms with Gasteiger partial charge in [-0.3, -0.25) is 4.79 Å². The summed E-state index contributed by atoms with van der Waals surface area (Å²) < 4.78 is 3.18. The largest absolute Gasteiger partial charge is 0.293 e. The van der Waals surface area contributed by atoms with E-state index < -0.39 is 0 Å². The molecule has 4 rings (SSSR count). The predicted octanol–water partition coefficient (Wildman–Crippen LogP) is 3.90. The lowest BCUT2D eigenvalue weighted by Gasteiger charge is -2.10. The minimum atomic E-state index is -0.175. The van der Waals surface area contributed by atoms with E-state index in [2.05, 4.69) is 10.2 Å². The number of hydrogen-bond donors (Lipinski definition) is 0. The lowest BCUT2D eigenvalue weighted by molar-refractivity contribution is 0.634. The van der Waals surface area contributed by atoms with Crippen LogP contribution >= 0.6 is 11.6 Å². The second kappa shape index (κ2) is 6.42. The normalized spacial score (nSPS) is 11.2. The molecule has 0 saturated carbocycles. The van der Waals surface area contributed by atoms with E-state index >= 15 is 0 Å². The first kappa shape index (κ1) is 16.5.